The average Bonchev–Trinajstić information content (AvgIpc) is 2.66. The van der Waals surface area contributed by atoms with E-state index in [-0.39, 0.29) is 18.1 Å². The zero-order chi connectivity index (χ0) is 19.9. The van der Waals surface area contributed by atoms with Crippen molar-refractivity contribution in [1.82, 2.24) is 10.7 Å². The van der Waals surface area contributed by atoms with Crippen LogP contribution in [0.15, 0.2) is 29.4 Å². The minimum atomic E-state index is -0.488. The molecule has 8 heteroatoms. The van der Waals surface area contributed by atoms with Crippen molar-refractivity contribution in [1.29, 1.82) is 0 Å². The SMILES string of the molecule is CCCCCCCCCC(=O)NCC(=O)NN=Cc1ccc([N+](=O)[O-])cc1. The molecule has 0 aromatic heterocycles. The zero-order valence-corrected chi connectivity index (χ0v) is 15.8. The highest BCUT2D eigenvalue weighted by atomic mass is 16.6. The first-order chi connectivity index (χ1) is 13.0. The fourth-order valence-corrected chi connectivity index (χ4v) is 2.41. The van der Waals surface area contributed by atoms with Gasteiger partial charge >= 0.3 is 0 Å². The van der Waals surface area contributed by atoms with Crippen molar-refractivity contribution in [2.24, 2.45) is 5.10 Å². The molecule has 0 saturated carbocycles. The van der Waals surface area contributed by atoms with Gasteiger partial charge in [0.1, 0.15) is 0 Å². The van der Waals surface area contributed by atoms with Crippen molar-refractivity contribution in [3.63, 3.8) is 0 Å². The van der Waals surface area contributed by atoms with Crippen molar-refractivity contribution in [3.8, 4) is 0 Å². The van der Waals surface area contributed by atoms with Gasteiger partial charge in [0.05, 0.1) is 17.7 Å². The Morgan fingerprint density at radius 3 is 2.30 bits per heavy atom. The quantitative estimate of drug-likeness (QED) is 0.238. The van der Waals surface area contributed by atoms with Crippen molar-refractivity contribution in [2.45, 2.75) is 58.3 Å². The highest BCUT2D eigenvalue weighted by molar-refractivity contribution is 5.86. The van der Waals surface area contributed by atoms with E-state index < -0.39 is 10.8 Å². The van der Waals surface area contributed by atoms with Crippen LogP contribution in [0.3, 0.4) is 0 Å². The first-order valence-corrected chi connectivity index (χ1v) is 9.36. The van der Waals surface area contributed by atoms with E-state index in [1.807, 2.05) is 0 Å². The molecule has 8 nitrogen and oxygen atoms in total. The van der Waals surface area contributed by atoms with Crippen LogP contribution in [0.4, 0.5) is 5.69 Å². The lowest BCUT2D eigenvalue weighted by Gasteiger charge is -2.04. The first-order valence-electron chi connectivity index (χ1n) is 9.36. The lowest BCUT2D eigenvalue weighted by molar-refractivity contribution is -0.384. The van der Waals surface area contributed by atoms with E-state index in [1.165, 1.54) is 56.2 Å². The maximum atomic E-state index is 11.7. The van der Waals surface area contributed by atoms with Gasteiger partial charge in [-0.2, -0.15) is 5.10 Å². The smallest absolute Gasteiger partial charge is 0.269 e. The highest BCUT2D eigenvalue weighted by Crippen LogP contribution is 2.10. The number of carbonyl (C=O) groups excluding carboxylic acids is 2. The Morgan fingerprint density at radius 1 is 1.04 bits per heavy atom. The average molecular weight is 376 g/mol. The Morgan fingerprint density at radius 2 is 1.67 bits per heavy atom. The van der Waals surface area contributed by atoms with Gasteiger partial charge in [0.15, 0.2) is 0 Å². The summed E-state index contributed by atoms with van der Waals surface area (Å²) in [6, 6.07) is 5.76. The van der Waals surface area contributed by atoms with Crippen molar-refractivity contribution in [3.05, 3.63) is 39.9 Å². The Balaban J connectivity index is 2.13. The number of nitrogens with one attached hydrogen (secondary N) is 2. The van der Waals surface area contributed by atoms with Gasteiger partial charge in [-0.15, -0.1) is 0 Å². The van der Waals surface area contributed by atoms with E-state index in [9.17, 15) is 19.7 Å². The molecule has 0 bridgehead atoms. The number of rotatable bonds is 13. The number of nitrogens with zero attached hydrogens (tertiary/aromatic N) is 2. The minimum Gasteiger partial charge on any atom is -0.347 e. The molecule has 0 aliphatic carbocycles. The van der Waals surface area contributed by atoms with Gasteiger partial charge in [0, 0.05) is 18.6 Å². The summed E-state index contributed by atoms with van der Waals surface area (Å²) in [5.74, 6) is -0.570. The van der Waals surface area contributed by atoms with Crippen LogP contribution in [-0.2, 0) is 9.59 Å². The Hall–Kier alpha value is -2.77. The molecule has 1 aromatic rings. The topological polar surface area (TPSA) is 114 Å². The number of nitro benzene ring substituents is 1. The predicted octanol–water partition coefficient (Wildman–Crippen LogP) is 3.30. The summed E-state index contributed by atoms with van der Waals surface area (Å²) in [6.45, 7) is 2.05. The van der Waals surface area contributed by atoms with Crippen molar-refractivity contribution < 1.29 is 14.5 Å². The van der Waals surface area contributed by atoms with E-state index >= 15 is 0 Å². The minimum absolute atomic E-state index is 0.0140. The molecule has 1 aromatic carbocycles. The Labute approximate surface area is 159 Å². The molecule has 0 aliphatic heterocycles. The monoisotopic (exact) mass is 376 g/mol. The van der Waals surface area contributed by atoms with Gasteiger partial charge in [0.25, 0.3) is 11.6 Å². The fourth-order valence-electron chi connectivity index (χ4n) is 2.41. The van der Waals surface area contributed by atoms with E-state index in [1.54, 1.807) is 0 Å². The summed E-state index contributed by atoms with van der Waals surface area (Å²) in [5, 5.41) is 16.9. The van der Waals surface area contributed by atoms with Gasteiger partial charge < -0.3 is 5.32 Å². The third-order valence-corrected chi connectivity index (χ3v) is 3.96. The molecule has 0 radical (unpaired) electrons. The largest absolute Gasteiger partial charge is 0.347 e. The summed E-state index contributed by atoms with van der Waals surface area (Å²) in [7, 11) is 0. The number of hydrogen-bond donors (Lipinski definition) is 2. The van der Waals surface area contributed by atoms with Crippen LogP contribution < -0.4 is 10.7 Å². The summed E-state index contributed by atoms with van der Waals surface area (Å²) >= 11 is 0. The van der Waals surface area contributed by atoms with Gasteiger partial charge in [-0.05, 0) is 24.1 Å². The van der Waals surface area contributed by atoms with Gasteiger partial charge in [-0.3, -0.25) is 19.7 Å². The highest BCUT2D eigenvalue weighted by Gasteiger charge is 2.05. The van der Waals surface area contributed by atoms with Crippen LogP contribution in [0.25, 0.3) is 0 Å². The number of amides is 2. The van der Waals surface area contributed by atoms with Gasteiger partial charge in [0.2, 0.25) is 5.91 Å². The summed E-state index contributed by atoms with van der Waals surface area (Å²) in [5.41, 5.74) is 2.90. The molecule has 0 aliphatic rings. The normalized spacial score (nSPS) is 10.7. The number of nitro groups is 1. The molecule has 27 heavy (non-hydrogen) atoms. The number of non-ortho nitro benzene ring substituents is 1. The van der Waals surface area contributed by atoms with Crippen LogP contribution in [0.1, 0.15) is 63.9 Å². The summed E-state index contributed by atoms with van der Waals surface area (Å²) in [4.78, 5) is 33.4. The van der Waals surface area contributed by atoms with E-state index in [2.05, 4.69) is 22.8 Å². The Bertz CT molecular complexity index is 629. The third-order valence-electron chi connectivity index (χ3n) is 3.96. The second-order valence-electron chi connectivity index (χ2n) is 6.29. The lowest BCUT2D eigenvalue weighted by atomic mass is 10.1. The van der Waals surface area contributed by atoms with Crippen molar-refractivity contribution in [2.75, 3.05) is 6.54 Å². The molecule has 0 unspecified atom stereocenters. The lowest BCUT2D eigenvalue weighted by Crippen LogP contribution is -2.34. The number of hydrazone groups is 1. The predicted molar refractivity (Wildman–Crippen MR) is 104 cm³/mol. The number of benzene rings is 1. The van der Waals surface area contributed by atoms with E-state index in [4.69, 9.17) is 0 Å². The van der Waals surface area contributed by atoms with Crippen LogP contribution in [0.5, 0.6) is 0 Å². The van der Waals surface area contributed by atoms with Crippen LogP contribution in [0, 0.1) is 10.1 Å². The van der Waals surface area contributed by atoms with Crippen LogP contribution in [-0.4, -0.2) is 29.5 Å². The molecular formula is C19H28N4O4. The molecule has 1 rings (SSSR count). The molecule has 2 N–H and O–H groups in total. The van der Waals surface area contributed by atoms with E-state index in [0.29, 0.717) is 12.0 Å². The summed E-state index contributed by atoms with van der Waals surface area (Å²) in [6.07, 6.45) is 9.76. The molecule has 0 fully saturated rings. The molecule has 148 valence electrons. The molecule has 0 spiro atoms. The number of unbranched alkanes of at least 4 members (excludes halogenated alkanes) is 6. The zero-order valence-electron chi connectivity index (χ0n) is 15.8. The standard InChI is InChI=1S/C19H28N4O4/c1-2-3-4-5-6-7-8-9-18(24)20-15-19(25)22-21-14-16-10-12-17(13-11-16)23(26)27/h10-14H,2-9,15H2,1H3,(H,20,24)(H,22,25). The molecule has 0 heterocycles. The maximum absolute atomic E-state index is 11.7. The molecule has 2 amide bonds. The van der Waals surface area contributed by atoms with Crippen LogP contribution >= 0.6 is 0 Å². The number of hydrogen-bond acceptors (Lipinski definition) is 5. The molecule has 0 saturated heterocycles. The second-order valence-corrected chi connectivity index (χ2v) is 6.29. The first kappa shape index (κ1) is 22.3. The van der Waals surface area contributed by atoms with Gasteiger partial charge in [-0.25, -0.2) is 5.43 Å². The van der Waals surface area contributed by atoms with Gasteiger partial charge in [-0.1, -0.05) is 45.4 Å². The maximum Gasteiger partial charge on any atom is 0.269 e. The Kier molecular flexibility index (Phi) is 11.1. The summed E-state index contributed by atoms with van der Waals surface area (Å²) < 4.78 is 0. The second kappa shape index (κ2) is 13.4. The van der Waals surface area contributed by atoms with Crippen molar-refractivity contribution >= 4 is 23.7 Å². The van der Waals surface area contributed by atoms with E-state index in [0.717, 1.165) is 19.3 Å². The molecule has 0 atom stereocenters. The third kappa shape index (κ3) is 10.7. The number of carbonyl (C=O) groups is 2. The van der Waals surface area contributed by atoms with Crippen LogP contribution in [0.2, 0.25) is 0 Å². The molecular weight excluding hydrogens is 348 g/mol. The fraction of sp³-hybridized carbons (Fsp3) is 0.526.